The number of anilines is 1. The average molecular weight is 393 g/mol. The molecular formula is C23H27N3O3+2. The Hall–Kier alpha value is -3.15. The largest absolute Gasteiger partial charge is 0.632 e. The van der Waals surface area contributed by atoms with E-state index in [0.29, 0.717) is 10.9 Å². The van der Waals surface area contributed by atoms with Crippen molar-refractivity contribution < 1.29 is 24.1 Å². The number of para-hydroxylation sites is 1. The zero-order chi connectivity index (χ0) is 20.4. The molecule has 0 bridgehead atoms. The Labute approximate surface area is 170 Å². The summed E-state index contributed by atoms with van der Waals surface area (Å²) in [6, 6.07) is 14.8. The Kier molecular flexibility index (Phi) is 5.34. The summed E-state index contributed by atoms with van der Waals surface area (Å²) in [5.74, 6) is -0.178. The van der Waals surface area contributed by atoms with E-state index >= 15 is 0 Å². The molecule has 0 radical (unpaired) electrons. The Morgan fingerprint density at radius 3 is 2.59 bits per heavy atom. The van der Waals surface area contributed by atoms with Crippen molar-refractivity contribution in [3.05, 3.63) is 54.1 Å². The zero-order valence-electron chi connectivity index (χ0n) is 16.6. The van der Waals surface area contributed by atoms with Gasteiger partial charge in [-0.15, -0.1) is 0 Å². The Bertz CT molecular complexity index is 1060. The third-order valence-corrected chi connectivity index (χ3v) is 5.66. The highest BCUT2D eigenvalue weighted by Crippen LogP contribution is 2.29. The maximum absolute atomic E-state index is 12.7. The molecule has 1 heterocycles. The van der Waals surface area contributed by atoms with Crippen molar-refractivity contribution in [2.24, 2.45) is 0 Å². The van der Waals surface area contributed by atoms with Gasteiger partial charge in [0.05, 0.1) is 0 Å². The minimum Gasteiger partial charge on any atom is -0.459 e. The number of aromatic hydroxyl groups is 2. The van der Waals surface area contributed by atoms with E-state index in [1.165, 1.54) is 6.42 Å². The first-order valence-corrected chi connectivity index (χ1v) is 10.2. The average Bonchev–Trinajstić information content (AvgIpc) is 2.72. The van der Waals surface area contributed by atoms with E-state index < -0.39 is 0 Å². The lowest BCUT2D eigenvalue weighted by atomic mass is 9.95. The minimum atomic E-state index is -0.234. The van der Waals surface area contributed by atoms with E-state index in [0.717, 1.165) is 36.9 Å². The third-order valence-electron chi connectivity index (χ3n) is 5.66. The van der Waals surface area contributed by atoms with Crippen molar-refractivity contribution in [1.82, 2.24) is 0 Å². The van der Waals surface area contributed by atoms with Crippen LogP contribution in [0.1, 0.15) is 43.7 Å². The fourth-order valence-corrected chi connectivity index (χ4v) is 4.26. The maximum Gasteiger partial charge on any atom is 0.632 e. The summed E-state index contributed by atoms with van der Waals surface area (Å²) < 4.78 is 3.18. The molecule has 0 aliphatic heterocycles. The number of hydrogen-bond acceptors (Lipinski definition) is 3. The molecule has 1 amide bonds. The highest BCUT2D eigenvalue weighted by molar-refractivity contribution is 5.90. The van der Waals surface area contributed by atoms with Gasteiger partial charge in [0.25, 0.3) is 5.91 Å². The van der Waals surface area contributed by atoms with Crippen LogP contribution >= 0.6 is 0 Å². The van der Waals surface area contributed by atoms with Gasteiger partial charge in [-0.1, -0.05) is 39.8 Å². The number of aromatic nitrogens is 2. The van der Waals surface area contributed by atoms with Gasteiger partial charge in [-0.2, -0.15) is 0 Å². The number of carbonyl (C=O) groups is 1. The van der Waals surface area contributed by atoms with Crippen LogP contribution in [0.15, 0.2) is 48.5 Å². The first kappa shape index (κ1) is 19.2. The molecule has 3 N–H and O–H groups in total. The molecule has 2 aromatic carbocycles. The van der Waals surface area contributed by atoms with Crippen LogP contribution in [-0.2, 0) is 11.3 Å². The number of benzene rings is 2. The van der Waals surface area contributed by atoms with Crippen molar-refractivity contribution in [1.29, 1.82) is 0 Å². The van der Waals surface area contributed by atoms with E-state index in [1.807, 2.05) is 49.4 Å². The molecule has 3 aromatic rings. The molecule has 1 aliphatic carbocycles. The molecule has 4 rings (SSSR count). The van der Waals surface area contributed by atoms with Gasteiger partial charge in [0.1, 0.15) is 0 Å². The summed E-state index contributed by atoms with van der Waals surface area (Å²) >= 11 is 0. The molecule has 6 nitrogen and oxygen atoms in total. The van der Waals surface area contributed by atoms with E-state index in [1.54, 1.807) is 15.2 Å². The molecular weight excluding hydrogens is 366 g/mol. The van der Waals surface area contributed by atoms with Crippen LogP contribution in [0.5, 0.6) is 11.9 Å². The fourth-order valence-electron chi connectivity index (χ4n) is 4.26. The molecule has 150 valence electrons. The van der Waals surface area contributed by atoms with Crippen LogP contribution in [0.3, 0.4) is 0 Å². The van der Waals surface area contributed by atoms with Gasteiger partial charge in [-0.3, -0.25) is 4.79 Å². The molecule has 0 saturated heterocycles. The van der Waals surface area contributed by atoms with Crippen molar-refractivity contribution in [2.75, 3.05) is 5.32 Å². The van der Waals surface area contributed by atoms with E-state index in [2.05, 4.69) is 5.32 Å². The van der Waals surface area contributed by atoms with Crippen LogP contribution in [0, 0.1) is 6.92 Å². The van der Waals surface area contributed by atoms with Gasteiger partial charge in [0.15, 0.2) is 11.4 Å². The van der Waals surface area contributed by atoms with Crippen molar-refractivity contribution in [3.63, 3.8) is 0 Å². The monoisotopic (exact) mass is 393 g/mol. The van der Waals surface area contributed by atoms with Crippen LogP contribution in [0.2, 0.25) is 0 Å². The number of fused-ring (bicyclic) bond motifs is 1. The highest BCUT2D eigenvalue weighted by Gasteiger charge is 2.39. The molecule has 0 atom stereocenters. The summed E-state index contributed by atoms with van der Waals surface area (Å²) in [6.07, 6.45) is 5.11. The summed E-state index contributed by atoms with van der Waals surface area (Å²) in [5.41, 5.74) is 2.40. The molecule has 0 unspecified atom stereocenters. The van der Waals surface area contributed by atoms with E-state index in [9.17, 15) is 15.0 Å². The molecule has 1 saturated carbocycles. The van der Waals surface area contributed by atoms with Crippen molar-refractivity contribution in [2.45, 2.75) is 51.6 Å². The molecule has 1 aliphatic rings. The van der Waals surface area contributed by atoms with Crippen LogP contribution in [0.25, 0.3) is 10.9 Å². The van der Waals surface area contributed by atoms with Gasteiger partial charge in [0.2, 0.25) is 12.1 Å². The Morgan fingerprint density at radius 2 is 1.83 bits per heavy atom. The standard InChI is InChI=1S/C23H25N3O3/c1-16-8-7-9-17(14-16)24-21(27)15-25-20-13-6-5-12-19(20)22(28)26(23(25)29)18-10-3-2-4-11-18/h5-9,12-14,18H,2-4,10-11,15H2,1H3,(H,24,27)/p+2. The number of carbonyl (C=O) groups excluding carboxylic acids is 1. The maximum atomic E-state index is 12.7. The Morgan fingerprint density at radius 1 is 1.07 bits per heavy atom. The van der Waals surface area contributed by atoms with Crippen LogP contribution < -0.4 is 14.5 Å². The van der Waals surface area contributed by atoms with Gasteiger partial charge in [-0.25, -0.2) is 0 Å². The van der Waals surface area contributed by atoms with Gasteiger partial charge >= 0.3 is 11.9 Å². The number of rotatable bonds is 4. The number of aryl methyl sites for hydroxylation is 1. The van der Waals surface area contributed by atoms with E-state index in [-0.39, 0.29) is 30.4 Å². The van der Waals surface area contributed by atoms with Gasteiger partial charge < -0.3 is 15.5 Å². The second-order valence-electron chi connectivity index (χ2n) is 7.81. The van der Waals surface area contributed by atoms with E-state index in [4.69, 9.17) is 0 Å². The zero-order valence-corrected chi connectivity index (χ0v) is 16.6. The second kappa shape index (κ2) is 8.07. The normalized spacial score (nSPS) is 14.8. The van der Waals surface area contributed by atoms with Crippen molar-refractivity contribution in [3.8, 4) is 11.9 Å². The first-order valence-electron chi connectivity index (χ1n) is 10.2. The molecule has 0 spiro atoms. The number of nitrogens with zero attached hydrogens (tertiary/aromatic N) is 2. The predicted octanol–water partition coefficient (Wildman–Crippen LogP) is 3.28. The molecule has 6 heteroatoms. The lowest BCUT2D eigenvalue weighted by molar-refractivity contribution is -0.830. The van der Waals surface area contributed by atoms with Gasteiger partial charge in [0, 0.05) is 24.6 Å². The van der Waals surface area contributed by atoms with Crippen LogP contribution in [0.4, 0.5) is 5.69 Å². The summed E-state index contributed by atoms with van der Waals surface area (Å²) in [7, 11) is 0. The quantitative estimate of drug-likeness (QED) is 0.596. The second-order valence-corrected chi connectivity index (χ2v) is 7.81. The molecule has 1 aromatic heterocycles. The van der Waals surface area contributed by atoms with Crippen molar-refractivity contribution >= 4 is 22.5 Å². The summed E-state index contributed by atoms with van der Waals surface area (Å²) in [5, 5.41) is 25.5. The Balaban J connectivity index is 1.73. The minimum absolute atomic E-state index is 0.0273. The highest BCUT2D eigenvalue weighted by atomic mass is 16.3. The SMILES string of the molecule is Cc1cccc(NC(=O)C[n+]2c(O)[n+](C3CCCCC3)c(O)c3ccccc32)c1. The molecule has 1 fully saturated rings. The van der Waals surface area contributed by atoms with Gasteiger partial charge in [-0.05, 0) is 43.5 Å². The van der Waals surface area contributed by atoms with Crippen LogP contribution in [-0.4, -0.2) is 16.1 Å². The predicted molar refractivity (Wildman–Crippen MR) is 110 cm³/mol. The lowest BCUT2D eigenvalue weighted by Crippen LogP contribution is -2.53. The number of hydrogen-bond donors (Lipinski definition) is 3. The third kappa shape index (κ3) is 3.88. The number of nitrogens with one attached hydrogen (secondary N) is 1. The first-order chi connectivity index (χ1) is 14.0. The smallest absolute Gasteiger partial charge is 0.459 e. The lowest BCUT2D eigenvalue weighted by Gasteiger charge is -2.17. The fraction of sp³-hybridized carbons (Fsp3) is 0.348. The topological polar surface area (TPSA) is 77.3 Å². The number of amides is 1. The summed E-state index contributed by atoms with van der Waals surface area (Å²) in [6.45, 7) is 1.92. The summed E-state index contributed by atoms with van der Waals surface area (Å²) in [4.78, 5) is 12.7. The molecule has 29 heavy (non-hydrogen) atoms.